The maximum absolute atomic E-state index is 12.4. The van der Waals surface area contributed by atoms with Gasteiger partial charge in [0.1, 0.15) is 6.04 Å². The second kappa shape index (κ2) is 8.13. The van der Waals surface area contributed by atoms with Gasteiger partial charge in [0.05, 0.1) is 0 Å². The first-order valence-electron chi connectivity index (χ1n) is 7.96. The zero-order valence-electron chi connectivity index (χ0n) is 14.5. The second-order valence-corrected chi connectivity index (χ2v) is 5.98. The van der Waals surface area contributed by atoms with Crippen LogP contribution in [0.3, 0.4) is 0 Å². The van der Waals surface area contributed by atoms with Crippen LogP contribution in [0.15, 0.2) is 42.5 Å². The average molecular weight is 372 g/mol. The Balaban J connectivity index is 2.14. The molecule has 6 N–H and O–H groups in total. The summed E-state index contributed by atoms with van der Waals surface area (Å²) in [5.74, 6) is -2.46. The summed E-state index contributed by atoms with van der Waals surface area (Å²) in [5, 5.41) is 37.7. The van der Waals surface area contributed by atoms with Crippen molar-refractivity contribution >= 4 is 17.9 Å². The predicted octanol–water partition coefficient (Wildman–Crippen LogP) is 1.08. The summed E-state index contributed by atoms with van der Waals surface area (Å²) >= 11 is 0. The number of carbonyl (C=O) groups is 2. The maximum Gasteiger partial charge on any atom is 0.247 e. The number of likely N-dealkylation sites (N-methyl/N-ethyl adjacent to an activating group) is 1. The Kier molecular flexibility index (Phi) is 5.92. The van der Waals surface area contributed by atoms with Crippen LogP contribution in [0.4, 0.5) is 0 Å². The summed E-state index contributed by atoms with van der Waals surface area (Å²) in [6.07, 6.45) is 2.68. The number of carbonyl (C=O) groups excluding carboxylic acids is 2. The summed E-state index contributed by atoms with van der Waals surface area (Å²) in [6.45, 7) is 0. The number of primary amides is 1. The molecule has 0 aromatic heterocycles. The first kappa shape index (κ1) is 19.6. The van der Waals surface area contributed by atoms with Crippen molar-refractivity contribution in [3.8, 4) is 23.0 Å². The van der Waals surface area contributed by atoms with Crippen LogP contribution in [0.25, 0.3) is 6.08 Å². The number of nitrogens with zero attached hydrogens (tertiary/aromatic N) is 1. The summed E-state index contributed by atoms with van der Waals surface area (Å²) < 4.78 is 0. The van der Waals surface area contributed by atoms with Gasteiger partial charge in [-0.05, 0) is 41.5 Å². The Morgan fingerprint density at radius 1 is 1.00 bits per heavy atom. The molecule has 0 saturated heterocycles. The van der Waals surface area contributed by atoms with Gasteiger partial charge in [-0.15, -0.1) is 0 Å². The third-order valence-electron chi connectivity index (χ3n) is 4.03. The Morgan fingerprint density at radius 3 is 2.15 bits per heavy atom. The zero-order valence-corrected chi connectivity index (χ0v) is 14.5. The lowest BCUT2D eigenvalue weighted by Gasteiger charge is -2.24. The smallest absolute Gasteiger partial charge is 0.247 e. The van der Waals surface area contributed by atoms with Crippen LogP contribution in [0.1, 0.15) is 11.1 Å². The van der Waals surface area contributed by atoms with Crippen molar-refractivity contribution in [3.05, 3.63) is 53.6 Å². The van der Waals surface area contributed by atoms with Gasteiger partial charge in [0.25, 0.3) is 0 Å². The van der Waals surface area contributed by atoms with Crippen molar-refractivity contribution in [3.63, 3.8) is 0 Å². The number of phenols is 4. The normalized spacial score (nSPS) is 12.0. The highest BCUT2D eigenvalue weighted by atomic mass is 16.3. The number of hydrogen-bond acceptors (Lipinski definition) is 6. The lowest BCUT2D eigenvalue weighted by atomic mass is 10.0. The van der Waals surface area contributed by atoms with Gasteiger partial charge in [0, 0.05) is 19.5 Å². The molecule has 2 amide bonds. The zero-order chi connectivity index (χ0) is 20.1. The van der Waals surface area contributed by atoms with Crippen molar-refractivity contribution in [2.45, 2.75) is 12.5 Å². The number of hydrogen-bond donors (Lipinski definition) is 5. The number of nitrogens with two attached hydrogens (primary N) is 1. The molecule has 0 heterocycles. The highest BCUT2D eigenvalue weighted by Crippen LogP contribution is 2.26. The fraction of sp³-hybridized carbons (Fsp3) is 0.158. The fourth-order valence-corrected chi connectivity index (χ4v) is 2.43. The minimum absolute atomic E-state index is 0.0548. The average Bonchev–Trinajstić information content (AvgIpc) is 2.62. The molecule has 2 aromatic carbocycles. The summed E-state index contributed by atoms with van der Waals surface area (Å²) in [7, 11) is 1.41. The molecule has 2 rings (SSSR count). The minimum Gasteiger partial charge on any atom is -0.504 e. The molecule has 0 aliphatic rings. The van der Waals surface area contributed by atoms with Crippen LogP contribution >= 0.6 is 0 Å². The van der Waals surface area contributed by atoms with Crippen LogP contribution in [0.2, 0.25) is 0 Å². The number of benzene rings is 2. The standard InChI is InChI=1S/C19H20N2O6/c1-21(18(26)7-4-11-2-5-14(22)16(24)9-11)13(19(20)27)8-12-3-6-15(23)17(25)10-12/h2-7,9-10,13,22-25H,8H2,1H3,(H2,20,27)/b7-4+. The highest BCUT2D eigenvalue weighted by molar-refractivity contribution is 5.95. The van der Waals surface area contributed by atoms with Gasteiger partial charge < -0.3 is 31.1 Å². The van der Waals surface area contributed by atoms with Crippen LogP contribution < -0.4 is 5.73 Å². The third-order valence-corrected chi connectivity index (χ3v) is 4.03. The van der Waals surface area contributed by atoms with Gasteiger partial charge in [-0.2, -0.15) is 0 Å². The Morgan fingerprint density at radius 2 is 1.59 bits per heavy atom. The number of rotatable bonds is 6. The SMILES string of the molecule is CN(C(=O)/C=C/c1ccc(O)c(O)c1)C(Cc1ccc(O)c(O)c1)C(N)=O. The van der Waals surface area contributed by atoms with E-state index >= 15 is 0 Å². The van der Waals surface area contributed by atoms with Gasteiger partial charge >= 0.3 is 0 Å². The first-order chi connectivity index (χ1) is 12.7. The van der Waals surface area contributed by atoms with E-state index in [0.717, 1.165) is 4.90 Å². The van der Waals surface area contributed by atoms with E-state index in [9.17, 15) is 30.0 Å². The summed E-state index contributed by atoms with van der Waals surface area (Å²) in [4.78, 5) is 25.3. The van der Waals surface area contributed by atoms with Crippen LogP contribution in [0.5, 0.6) is 23.0 Å². The molecular formula is C19H20N2O6. The van der Waals surface area contributed by atoms with E-state index in [-0.39, 0.29) is 29.4 Å². The van der Waals surface area contributed by atoms with E-state index in [0.29, 0.717) is 11.1 Å². The van der Waals surface area contributed by atoms with Gasteiger partial charge in [-0.1, -0.05) is 12.1 Å². The van der Waals surface area contributed by atoms with E-state index in [2.05, 4.69) is 0 Å². The second-order valence-electron chi connectivity index (χ2n) is 5.98. The maximum atomic E-state index is 12.4. The lowest BCUT2D eigenvalue weighted by Crippen LogP contribution is -2.46. The Hall–Kier alpha value is -3.68. The Labute approximate surface area is 155 Å². The molecule has 0 spiro atoms. The van der Waals surface area contributed by atoms with E-state index in [4.69, 9.17) is 5.73 Å². The number of amides is 2. The quantitative estimate of drug-likeness (QED) is 0.379. The number of aromatic hydroxyl groups is 4. The monoisotopic (exact) mass is 372 g/mol. The van der Waals surface area contributed by atoms with Crippen LogP contribution in [-0.2, 0) is 16.0 Å². The summed E-state index contributed by atoms with van der Waals surface area (Å²) in [5.41, 5.74) is 6.40. The molecule has 2 aromatic rings. The molecule has 0 aliphatic carbocycles. The topological polar surface area (TPSA) is 144 Å². The summed E-state index contributed by atoms with van der Waals surface area (Å²) in [6, 6.07) is 7.18. The van der Waals surface area contributed by atoms with E-state index in [1.54, 1.807) is 0 Å². The predicted molar refractivity (Wildman–Crippen MR) is 98.0 cm³/mol. The van der Waals surface area contributed by atoms with Crippen molar-refractivity contribution < 1.29 is 30.0 Å². The largest absolute Gasteiger partial charge is 0.504 e. The lowest BCUT2D eigenvalue weighted by molar-refractivity contribution is -0.134. The van der Waals surface area contributed by atoms with Gasteiger partial charge in [0.15, 0.2) is 23.0 Å². The molecule has 1 atom stereocenters. The third kappa shape index (κ3) is 4.91. The molecule has 0 saturated carbocycles. The van der Waals surface area contributed by atoms with Crippen molar-refractivity contribution in [2.24, 2.45) is 5.73 Å². The van der Waals surface area contributed by atoms with E-state index in [1.165, 1.54) is 55.6 Å². The molecular weight excluding hydrogens is 352 g/mol. The fourth-order valence-electron chi connectivity index (χ4n) is 2.43. The molecule has 8 heteroatoms. The van der Waals surface area contributed by atoms with E-state index in [1.807, 2.05) is 0 Å². The molecule has 1 unspecified atom stereocenters. The highest BCUT2D eigenvalue weighted by Gasteiger charge is 2.24. The van der Waals surface area contributed by atoms with Crippen molar-refractivity contribution in [2.75, 3.05) is 7.05 Å². The van der Waals surface area contributed by atoms with Crippen molar-refractivity contribution in [1.82, 2.24) is 4.90 Å². The van der Waals surface area contributed by atoms with Gasteiger partial charge in [0.2, 0.25) is 11.8 Å². The van der Waals surface area contributed by atoms with E-state index < -0.39 is 17.9 Å². The molecule has 27 heavy (non-hydrogen) atoms. The first-order valence-corrected chi connectivity index (χ1v) is 7.96. The van der Waals surface area contributed by atoms with Crippen molar-refractivity contribution in [1.29, 1.82) is 0 Å². The molecule has 8 nitrogen and oxygen atoms in total. The van der Waals surface area contributed by atoms with Gasteiger partial charge in [-0.25, -0.2) is 0 Å². The molecule has 0 bridgehead atoms. The Bertz CT molecular complexity index is 894. The molecule has 0 aliphatic heterocycles. The molecule has 0 fully saturated rings. The molecule has 142 valence electrons. The number of phenolic OH excluding ortho intramolecular Hbond substituents is 4. The van der Waals surface area contributed by atoms with Crippen LogP contribution in [0, 0.1) is 0 Å². The molecule has 0 radical (unpaired) electrons. The van der Waals surface area contributed by atoms with Crippen LogP contribution in [-0.4, -0.2) is 50.2 Å². The minimum atomic E-state index is -0.973. The van der Waals surface area contributed by atoms with Gasteiger partial charge in [-0.3, -0.25) is 9.59 Å².